The van der Waals surface area contributed by atoms with Gasteiger partial charge in [-0.2, -0.15) is 5.10 Å². The fraction of sp³-hybridized carbons (Fsp3) is 0.833. The molecule has 1 N–H and O–H groups in total. The summed E-state index contributed by atoms with van der Waals surface area (Å²) < 4.78 is 2.23. The maximum Gasteiger partial charge on any atom is 0.0624 e. The van der Waals surface area contributed by atoms with E-state index >= 15 is 0 Å². The molecule has 21 heavy (non-hydrogen) atoms. The summed E-state index contributed by atoms with van der Waals surface area (Å²) in [7, 11) is 0. The molecule has 2 rings (SSSR count). The van der Waals surface area contributed by atoms with Gasteiger partial charge in [0.15, 0.2) is 0 Å². The van der Waals surface area contributed by atoms with E-state index in [-0.39, 0.29) is 0 Å². The van der Waals surface area contributed by atoms with Crippen LogP contribution in [-0.4, -0.2) is 22.9 Å². The molecule has 0 aliphatic heterocycles. The number of hydrogen-bond acceptors (Lipinski definition) is 2. The Morgan fingerprint density at radius 1 is 1.14 bits per heavy atom. The first-order chi connectivity index (χ1) is 10.3. The normalized spacial score (nSPS) is 23.2. The molecular weight excluding hydrogens is 258 g/mol. The smallest absolute Gasteiger partial charge is 0.0624 e. The average Bonchev–Trinajstić information content (AvgIpc) is 2.77. The predicted molar refractivity (Wildman–Crippen MR) is 89.6 cm³/mol. The molecule has 3 heteroatoms. The number of aryl methyl sites for hydroxylation is 2. The Morgan fingerprint density at radius 3 is 2.57 bits per heavy atom. The van der Waals surface area contributed by atoms with Gasteiger partial charge < -0.3 is 5.32 Å². The topological polar surface area (TPSA) is 29.9 Å². The molecule has 1 aliphatic carbocycles. The number of rotatable bonds is 7. The lowest BCUT2D eigenvalue weighted by atomic mass is 9.84. The third-order valence-electron chi connectivity index (χ3n) is 5.02. The van der Waals surface area contributed by atoms with Crippen molar-refractivity contribution in [3.05, 3.63) is 17.5 Å². The molecule has 2 atom stereocenters. The fourth-order valence-electron chi connectivity index (χ4n) is 3.72. The zero-order chi connectivity index (χ0) is 15.1. The van der Waals surface area contributed by atoms with Crippen LogP contribution in [0.5, 0.6) is 0 Å². The molecule has 0 radical (unpaired) electrons. The van der Waals surface area contributed by atoms with E-state index in [0.29, 0.717) is 0 Å². The molecule has 2 unspecified atom stereocenters. The van der Waals surface area contributed by atoms with Gasteiger partial charge in [-0.15, -0.1) is 0 Å². The van der Waals surface area contributed by atoms with Gasteiger partial charge in [-0.25, -0.2) is 0 Å². The molecule has 3 nitrogen and oxygen atoms in total. The highest BCUT2D eigenvalue weighted by Crippen LogP contribution is 2.31. The van der Waals surface area contributed by atoms with Gasteiger partial charge in [0.25, 0.3) is 0 Å². The second-order valence-electron chi connectivity index (χ2n) is 6.47. The first-order valence-electron chi connectivity index (χ1n) is 9.04. The van der Waals surface area contributed by atoms with Crippen LogP contribution >= 0.6 is 0 Å². The summed E-state index contributed by atoms with van der Waals surface area (Å²) in [4.78, 5) is 0. The molecule has 0 bridgehead atoms. The van der Waals surface area contributed by atoms with Crippen molar-refractivity contribution in [2.24, 2.45) is 11.8 Å². The van der Waals surface area contributed by atoms with E-state index < -0.39 is 0 Å². The van der Waals surface area contributed by atoms with Crippen molar-refractivity contribution >= 4 is 0 Å². The molecule has 0 amide bonds. The van der Waals surface area contributed by atoms with Crippen LogP contribution in [0.1, 0.15) is 64.3 Å². The number of nitrogens with zero attached hydrogens (tertiary/aromatic N) is 2. The average molecular weight is 291 g/mol. The van der Waals surface area contributed by atoms with Gasteiger partial charge in [0.05, 0.1) is 5.69 Å². The number of hydrogen-bond donors (Lipinski definition) is 1. The minimum Gasteiger partial charge on any atom is -0.317 e. The highest BCUT2D eigenvalue weighted by atomic mass is 15.3. The van der Waals surface area contributed by atoms with Crippen molar-refractivity contribution in [2.45, 2.75) is 72.3 Å². The van der Waals surface area contributed by atoms with E-state index in [1.165, 1.54) is 56.5 Å². The van der Waals surface area contributed by atoms with Crippen molar-refractivity contribution in [1.82, 2.24) is 15.1 Å². The van der Waals surface area contributed by atoms with Gasteiger partial charge in [-0.1, -0.05) is 33.1 Å². The third-order valence-corrected chi connectivity index (χ3v) is 5.02. The van der Waals surface area contributed by atoms with Crippen LogP contribution in [0.15, 0.2) is 6.07 Å². The van der Waals surface area contributed by atoms with E-state index in [0.717, 1.165) is 31.3 Å². The van der Waals surface area contributed by atoms with Crippen LogP contribution in [0.4, 0.5) is 0 Å². The summed E-state index contributed by atoms with van der Waals surface area (Å²) in [6, 6.07) is 2.35. The van der Waals surface area contributed by atoms with Gasteiger partial charge in [0.2, 0.25) is 0 Å². The lowest BCUT2D eigenvalue weighted by Gasteiger charge is -2.25. The van der Waals surface area contributed by atoms with Crippen molar-refractivity contribution in [3.63, 3.8) is 0 Å². The van der Waals surface area contributed by atoms with Crippen molar-refractivity contribution in [2.75, 3.05) is 13.1 Å². The molecular formula is C18H33N3. The van der Waals surface area contributed by atoms with Crippen molar-refractivity contribution in [3.8, 4) is 0 Å². The van der Waals surface area contributed by atoms with Gasteiger partial charge >= 0.3 is 0 Å². The molecule has 0 spiro atoms. The molecule has 0 aromatic carbocycles. The Bertz CT molecular complexity index is 411. The predicted octanol–water partition coefficient (Wildman–Crippen LogP) is 3.81. The number of nitrogens with one attached hydrogen (secondary N) is 1. The monoisotopic (exact) mass is 291 g/mol. The molecule has 0 saturated heterocycles. The molecule has 120 valence electrons. The fourth-order valence-corrected chi connectivity index (χ4v) is 3.72. The summed E-state index contributed by atoms with van der Waals surface area (Å²) >= 11 is 0. The standard InChI is InChI=1S/C18H33N3/c1-4-17-13-18(21(6-3)20-17)12-15-10-8-7-9-11-16(15)14-19-5-2/h13,15-16,19H,4-12,14H2,1-3H3. The molecule has 1 aromatic heterocycles. The zero-order valence-electron chi connectivity index (χ0n) is 14.2. The molecule has 1 heterocycles. The summed E-state index contributed by atoms with van der Waals surface area (Å²) in [5.74, 6) is 1.68. The van der Waals surface area contributed by atoms with E-state index in [1.54, 1.807) is 0 Å². The Labute approximate surface area is 130 Å². The van der Waals surface area contributed by atoms with E-state index in [9.17, 15) is 0 Å². The summed E-state index contributed by atoms with van der Waals surface area (Å²) in [6.45, 7) is 9.91. The largest absolute Gasteiger partial charge is 0.317 e. The van der Waals surface area contributed by atoms with Crippen molar-refractivity contribution < 1.29 is 0 Å². The maximum atomic E-state index is 4.72. The Morgan fingerprint density at radius 2 is 1.90 bits per heavy atom. The lowest BCUT2D eigenvalue weighted by Crippen LogP contribution is -2.29. The summed E-state index contributed by atoms with van der Waals surface area (Å²) in [5, 5.41) is 8.31. The molecule has 1 fully saturated rings. The van der Waals surface area contributed by atoms with Gasteiger partial charge in [-0.3, -0.25) is 4.68 Å². The minimum absolute atomic E-state index is 0.832. The molecule has 1 saturated carbocycles. The van der Waals surface area contributed by atoms with Crippen LogP contribution in [0, 0.1) is 11.8 Å². The van der Waals surface area contributed by atoms with Crippen LogP contribution in [0.3, 0.4) is 0 Å². The first kappa shape index (κ1) is 16.5. The van der Waals surface area contributed by atoms with E-state index in [1.807, 2.05) is 0 Å². The van der Waals surface area contributed by atoms with E-state index in [2.05, 4.69) is 36.8 Å². The quantitative estimate of drug-likeness (QED) is 0.774. The zero-order valence-corrected chi connectivity index (χ0v) is 14.2. The second-order valence-corrected chi connectivity index (χ2v) is 6.47. The maximum absolute atomic E-state index is 4.72. The van der Waals surface area contributed by atoms with Crippen LogP contribution in [-0.2, 0) is 19.4 Å². The third kappa shape index (κ3) is 4.57. The van der Waals surface area contributed by atoms with E-state index in [4.69, 9.17) is 5.10 Å². The second kappa shape index (κ2) is 8.57. The minimum atomic E-state index is 0.832. The summed E-state index contributed by atoms with van der Waals surface area (Å²) in [6.07, 6.45) is 9.31. The lowest BCUT2D eigenvalue weighted by molar-refractivity contribution is 0.294. The Balaban J connectivity index is 2.07. The Kier molecular flexibility index (Phi) is 6.75. The Hall–Kier alpha value is -0.830. The number of aromatic nitrogens is 2. The SMILES string of the molecule is CCNCC1CCCCCC1Cc1cc(CC)nn1CC. The van der Waals surface area contributed by atoms with Gasteiger partial charge in [-0.05, 0) is 63.6 Å². The highest BCUT2D eigenvalue weighted by Gasteiger charge is 2.24. The molecule has 1 aromatic rings. The van der Waals surface area contributed by atoms with Crippen LogP contribution < -0.4 is 5.32 Å². The van der Waals surface area contributed by atoms with Crippen LogP contribution in [0.2, 0.25) is 0 Å². The summed E-state index contributed by atoms with van der Waals surface area (Å²) in [5.41, 5.74) is 2.71. The van der Waals surface area contributed by atoms with Gasteiger partial charge in [0, 0.05) is 12.2 Å². The highest BCUT2D eigenvalue weighted by molar-refractivity contribution is 5.11. The first-order valence-corrected chi connectivity index (χ1v) is 9.04. The van der Waals surface area contributed by atoms with Crippen LogP contribution in [0.25, 0.3) is 0 Å². The molecule has 1 aliphatic rings. The van der Waals surface area contributed by atoms with Crippen molar-refractivity contribution in [1.29, 1.82) is 0 Å². The van der Waals surface area contributed by atoms with Gasteiger partial charge in [0.1, 0.15) is 0 Å².